The molecule has 7 heteroatoms. The Balaban J connectivity index is 2.06. The van der Waals surface area contributed by atoms with Gasteiger partial charge >= 0.3 is 0 Å². The Morgan fingerprint density at radius 2 is 2.22 bits per heavy atom. The number of nitrogens with one attached hydrogen (secondary N) is 2. The summed E-state index contributed by atoms with van der Waals surface area (Å²) in [5, 5.41) is 20.4. The van der Waals surface area contributed by atoms with Crippen molar-refractivity contribution in [2.45, 2.75) is 19.0 Å². The van der Waals surface area contributed by atoms with Crippen LogP contribution in [0.1, 0.15) is 11.4 Å². The van der Waals surface area contributed by atoms with Gasteiger partial charge in [0.1, 0.15) is 13.1 Å². The Hall–Kier alpha value is -2.38. The SMILES string of the molecule is N#CCN(CC#N)C(=O)C1Cc2nc[nH]c2CN1. The van der Waals surface area contributed by atoms with E-state index in [0.717, 1.165) is 11.4 Å². The number of hydrogen-bond donors (Lipinski definition) is 2. The maximum Gasteiger partial charge on any atom is 0.241 e. The molecule has 1 aromatic rings. The number of carbonyl (C=O) groups is 1. The van der Waals surface area contributed by atoms with Gasteiger partial charge in [-0.2, -0.15) is 10.5 Å². The number of amides is 1. The van der Waals surface area contributed by atoms with E-state index in [1.54, 1.807) is 6.33 Å². The summed E-state index contributed by atoms with van der Waals surface area (Å²) in [7, 11) is 0. The van der Waals surface area contributed by atoms with E-state index in [4.69, 9.17) is 10.5 Å². The molecule has 18 heavy (non-hydrogen) atoms. The highest BCUT2D eigenvalue weighted by Gasteiger charge is 2.29. The first kappa shape index (κ1) is 12.1. The van der Waals surface area contributed by atoms with Crippen LogP contribution in [-0.2, 0) is 17.8 Å². The third-order valence-electron chi connectivity index (χ3n) is 2.86. The van der Waals surface area contributed by atoms with Crippen LogP contribution in [0.25, 0.3) is 0 Å². The molecule has 1 aromatic heterocycles. The molecule has 2 heterocycles. The largest absolute Gasteiger partial charge is 0.347 e. The average molecular weight is 244 g/mol. The van der Waals surface area contributed by atoms with Gasteiger partial charge in [0, 0.05) is 13.0 Å². The first-order chi connectivity index (χ1) is 8.76. The van der Waals surface area contributed by atoms with E-state index in [0.29, 0.717) is 13.0 Å². The molecule has 1 unspecified atom stereocenters. The lowest BCUT2D eigenvalue weighted by molar-refractivity contribution is -0.132. The van der Waals surface area contributed by atoms with Gasteiger partial charge in [-0.1, -0.05) is 0 Å². The summed E-state index contributed by atoms with van der Waals surface area (Å²) in [4.78, 5) is 20.5. The van der Waals surface area contributed by atoms with Gasteiger partial charge in [0.2, 0.25) is 5.91 Å². The molecule has 1 aliphatic rings. The van der Waals surface area contributed by atoms with Crippen LogP contribution in [-0.4, -0.2) is 39.9 Å². The maximum atomic E-state index is 12.1. The second-order valence-electron chi connectivity index (χ2n) is 3.98. The van der Waals surface area contributed by atoms with Gasteiger partial charge in [-0.25, -0.2) is 4.98 Å². The lowest BCUT2D eigenvalue weighted by Gasteiger charge is -2.26. The second kappa shape index (κ2) is 5.30. The Morgan fingerprint density at radius 1 is 1.50 bits per heavy atom. The number of aromatic amines is 1. The van der Waals surface area contributed by atoms with Gasteiger partial charge in [-0.05, 0) is 0 Å². The third-order valence-corrected chi connectivity index (χ3v) is 2.86. The smallest absolute Gasteiger partial charge is 0.241 e. The van der Waals surface area contributed by atoms with E-state index in [-0.39, 0.29) is 19.0 Å². The van der Waals surface area contributed by atoms with Crippen LogP contribution in [0.2, 0.25) is 0 Å². The highest BCUT2D eigenvalue weighted by Crippen LogP contribution is 2.13. The molecule has 0 radical (unpaired) electrons. The number of H-pyrrole nitrogens is 1. The van der Waals surface area contributed by atoms with E-state index >= 15 is 0 Å². The van der Waals surface area contributed by atoms with Crippen molar-refractivity contribution in [1.29, 1.82) is 10.5 Å². The summed E-state index contributed by atoms with van der Waals surface area (Å²) in [6.07, 6.45) is 2.08. The molecule has 0 saturated heterocycles. The number of nitrogens with zero attached hydrogens (tertiary/aromatic N) is 4. The van der Waals surface area contributed by atoms with Crippen molar-refractivity contribution in [3.05, 3.63) is 17.7 Å². The van der Waals surface area contributed by atoms with E-state index in [2.05, 4.69) is 15.3 Å². The summed E-state index contributed by atoms with van der Waals surface area (Å²) in [6.45, 7) is 0.397. The predicted molar refractivity (Wildman–Crippen MR) is 60.7 cm³/mol. The van der Waals surface area contributed by atoms with Crippen LogP contribution in [0, 0.1) is 22.7 Å². The van der Waals surface area contributed by atoms with Crippen LogP contribution < -0.4 is 5.32 Å². The number of hydrogen-bond acceptors (Lipinski definition) is 5. The normalized spacial score (nSPS) is 17.3. The number of imidazole rings is 1. The molecular formula is C11H12N6O. The summed E-state index contributed by atoms with van der Waals surface area (Å²) in [6, 6.07) is 3.37. The summed E-state index contributed by atoms with van der Waals surface area (Å²) in [5.74, 6) is -0.230. The Labute approximate surface area is 104 Å². The zero-order valence-electron chi connectivity index (χ0n) is 9.68. The van der Waals surface area contributed by atoms with Crippen molar-refractivity contribution in [3.8, 4) is 12.1 Å². The zero-order chi connectivity index (χ0) is 13.0. The number of carbonyl (C=O) groups excluding carboxylic acids is 1. The first-order valence-electron chi connectivity index (χ1n) is 5.53. The first-order valence-corrected chi connectivity index (χ1v) is 5.53. The van der Waals surface area contributed by atoms with Gasteiger partial charge in [-0.3, -0.25) is 10.1 Å². The van der Waals surface area contributed by atoms with Gasteiger partial charge in [-0.15, -0.1) is 0 Å². The van der Waals surface area contributed by atoms with Gasteiger partial charge in [0.25, 0.3) is 0 Å². The number of aromatic nitrogens is 2. The maximum absolute atomic E-state index is 12.1. The second-order valence-corrected chi connectivity index (χ2v) is 3.98. The van der Waals surface area contributed by atoms with Crippen LogP contribution >= 0.6 is 0 Å². The molecule has 1 amide bonds. The van der Waals surface area contributed by atoms with Crippen LogP contribution in [0.3, 0.4) is 0 Å². The van der Waals surface area contributed by atoms with Crippen molar-refractivity contribution in [2.75, 3.05) is 13.1 Å². The van der Waals surface area contributed by atoms with Crippen molar-refractivity contribution in [1.82, 2.24) is 20.2 Å². The number of rotatable bonds is 3. The zero-order valence-corrected chi connectivity index (χ0v) is 9.68. The molecule has 0 spiro atoms. The molecule has 0 saturated carbocycles. The number of fused-ring (bicyclic) bond motifs is 1. The van der Waals surface area contributed by atoms with E-state index in [1.807, 2.05) is 12.1 Å². The van der Waals surface area contributed by atoms with Gasteiger partial charge in [0.15, 0.2) is 0 Å². The highest BCUT2D eigenvalue weighted by atomic mass is 16.2. The molecule has 0 aromatic carbocycles. The monoisotopic (exact) mass is 244 g/mol. The molecule has 1 aliphatic heterocycles. The fourth-order valence-corrected chi connectivity index (χ4v) is 1.95. The molecule has 0 fully saturated rings. The Kier molecular flexibility index (Phi) is 3.56. The Morgan fingerprint density at radius 3 is 2.89 bits per heavy atom. The van der Waals surface area contributed by atoms with Crippen LogP contribution in [0.15, 0.2) is 6.33 Å². The molecule has 2 N–H and O–H groups in total. The van der Waals surface area contributed by atoms with Gasteiger partial charge in [0.05, 0.1) is 35.9 Å². The summed E-state index contributed by atoms with van der Waals surface area (Å²) in [5.41, 5.74) is 1.84. The molecule has 7 nitrogen and oxygen atoms in total. The average Bonchev–Trinajstić information content (AvgIpc) is 2.84. The molecule has 2 rings (SSSR count). The van der Waals surface area contributed by atoms with Crippen molar-refractivity contribution < 1.29 is 4.79 Å². The van der Waals surface area contributed by atoms with Gasteiger partial charge < -0.3 is 9.88 Å². The molecule has 92 valence electrons. The van der Waals surface area contributed by atoms with Crippen LogP contribution in [0.5, 0.6) is 0 Å². The van der Waals surface area contributed by atoms with Crippen molar-refractivity contribution in [2.24, 2.45) is 0 Å². The fraction of sp³-hybridized carbons (Fsp3) is 0.455. The number of nitriles is 2. The van der Waals surface area contributed by atoms with E-state index < -0.39 is 6.04 Å². The highest BCUT2D eigenvalue weighted by molar-refractivity contribution is 5.83. The quantitative estimate of drug-likeness (QED) is 0.683. The molecule has 0 bridgehead atoms. The molecule has 1 atom stereocenters. The van der Waals surface area contributed by atoms with Crippen molar-refractivity contribution in [3.63, 3.8) is 0 Å². The van der Waals surface area contributed by atoms with E-state index in [1.165, 1.54) is 4.90 Å². The molecular weight excluding hydrogens is 232 g/mol. The lowest BCUT2D eigenvalue weighted by atomic mass is 10.0. The van der Waals surface area contributed by atoms with Crippen LogP contribution in [0.4, 0.5) is 0 Å². The predicted octanol–water partition coefficient (Wildman–Crippen LogP) is -0.700. The Bertz CT molecular complexity index is 506. The fourth-order valence-electron chi connectivity index (χ4n) is 1.95. The summed E-state index contributed by atoms with van der Waals surface area (Å²) >= 11 is 0. The lowest BCUT2D eigenvalue weighted by Crippen LogP contribution is -2.49. The molecule has 0 aliphatic carbocycles. The summed E-state index contributed by atoms with van der Waals surface area (Å²) < 4.78 is 0. The minimum Gasteiger partial charge on any atom is -0.347 e. The minimum absolute atomic E-state index is 0.0714. The minimum atomic E-state index is -0.414. The standard InChI is InChI=1S/C11H12N6O/c12-1-3-17(4-2-13)11(18)9-5-8-10(6-14-9)16-7-15-8/h7,9,14H,3-6H2,(H,15,16). The topological polar surface area (TPSA) is 109 Å². The third kappa shape index (κ3) is 2.31. The van der Waals surface area contributed by atoms with E-state index in [9.17, 15) is 4.79 Å². The van der Waals surface area contributed by atoms with Crippen molar-refractivity contribution >= 4 is 5.91 Å².